The number of hydrogen-bond acceptors (Lipinski definition) is 1. The highest BCUT2D eigenvalue weighted by Crippen LogP contribution is 2.60. The van der Waals surface area contributed by atoms with Gasteiger partial charge in [-0.05, 0) is 48.8 Å². The molecule has 2 nitrogen and oxygen atoms in total. The Morgan fingerprint density at radius 3 is 2.88 bits per heavy atom. The van der Waals surface area contributed by atoms with Crippen molar-refractivity contribution in [2.45, 2.75) is 37.5 Å². The Morgan fingerprint density at radius 2 is 2.24 bits per heavy atom. The molecule has 1 spiro atoms. The van der Waals surface area contributed by atoms with Crippen LogP contribution >= 0.6 is 0 Å². The van der Waals surface area contributed by atoms with E-state index in [1.54, 1.807) is 6.07 Å². The molecule has 0 radical (unpaired) electrons. The molecule has 2 aliphatic carbocycles. The second-order valence-corrected chi connectivity index (χ2v) is 5.26. The fourth-order valence-electron chi connectivity index (χ4n) is 3.45. The van der Waals surface area contributed by atoms with Crippen LogP contribution in [0.3, 0.4) is 0 Å². The summed E-state index contributed by atoms with van der Waals surface area (Å²) in [7, 11) is 0. The largest absolute Gasteiger partial charge is 0.481 e. The number of rotatable bonds is 2. The van der Waals surface area contributed by atoms with Gasteiger partial charge in [0.05, 0.1) is 0 Å². The zero-order valence-corrected chi connectivity index (χ0v) is 9.58. The molecule has 1 unspecified atom stereocenters. The van der Waals surface area contributed by atoms with E-state index in [1.807, 2.05) is 6.07 Å². The number of carboxylic acids is 1. The molecule has 3 rings (SSSR count). The van der Waals surface area contributed by atoms with E-state index in [4.69, 9.17) is 5.11 Å². The third-order valence-corrected chi connectivity index (χ3v) is 4.35. The van der Waals surface area contributed by atoms with Crippen molar-refractivity contribution in [1.82, 2.24) is 0 Å². The number of fused-ring (bicyclic) bond motifs is 2. The number of aliphatic carboxylic acids is 1. The van der Waals surface area contributed by atoms with Gasteiger partial charge >= 0.3 is 5.97 Å². The topological polar surface area (TPSA) is 37.3 Å². The first kappa shape index (κ1) is 10.8. The van der Waals surface area contributed by atoms with Gasteiger partial charge in [0, 0.05) is 11.8 Å². The number of benzene rings is 1. The van der Waals surface area contributed by atoms with Crippen LogP contribution in [0.1, 0.15) is 36.8 Å². The Balaban J connectivity index is 2.03. The molecule has 17 heavy (non-hydrogen) atoms. The average Bonchev–Trinajstić information content (AvgIpc) is 3.03. The Morgan fingerprint density at radius 1 is 1.47 bits per heavy atom. The number of carboxylic acid groups (broad SMARTS) is 1. The third kappa shape index (κ3) is 1.56. The summed E-state index contributed by atoms with van der Waals surface area (Å²) in [6.07, 6.45) is 3.75. The van der Waals surface area contributed by atoms with Crippen molar-refractivity contribution in [3.63, 3.8) is 0 Å². The van der Waals surface area contributed by atoms with Crippen LogP contribution in [0, 0.1) is 11.7 Å². The SMILES string of the molecule is O=C(O)CC1CCc2cccc(F)c2C12CC2. The van der Waals surface area contributed by atoms with Crippen LogP contribution in [-0.4, -0.2) is 11.1 Å². The molecule has 1 aromatic rings. The first-order chi connectivity index (χ1) is 8.13. The van der Waals surface area contributed by atoms with Gasteiger partial charge in [0.15, 0.2) is 0 Å². The van der Waals surface area contributed by atoms with Crippen LogP contribution in [0.5, 0.6) is 0 Å². The molecule has 1 aromatic carbocycles. The van der Waals surface area contributed by atoms with Crippen molar-refractivity contribution >= 4 is 5.97 Å². The van der Waals surface area contributed by atoms with Gasteiger partial charge in [-0.15, -0.1) is 0 Å². The number of aryl methyl sites for hydroxylation is 1. The Labute approximate surface area is 99.5 Å². The zero-order chi connectivity index (χ0) is 12.0. The number of hydrogen-bond donors (Lipinski definition) is 1. The predicted molar refractivity (Wildman–Crippen MR) is 61.4 cm³/mol. The van der Waals surface area contributed by atoms with Crippen molar-refractivity contribution in [3.05, 3.63) is 35.1 Å². The molecule has 1 N–H and O–H groups in total. The van der Waals surface area contributed by atoms with E-state index in [-0.39, 0.29) is 23.6 Å². The van der Waals surface area contributed by atoms with Gasteiger partial charge in [-0.1, -0.05) is 12.1 Å². The van der Waals surface area contributed by atoms with Gasteiger partial charge in [-0.3, -0.25) is 4.79 Å². The summed E-state index contributed by atoms with van der Waals surface area (Å²) in [6.45, 7) is 0. The summed E-state index contributed by atoms with van der Waals surface area (Å²) < 4.78 is 14.0. The minimum atomic E-state index is -0.763. The fraction of sp³-hybridized carbons (Fsp3) is 0.500. The minimum Gasteiger partial charge on any atom is -0.481 e. The number of carbonyl (C=O) groups is 1. The van der Waals surface area contributed by atoms with E-state index in [0.717, 1.165) is 36.8 Å². The van der Waals surface area contributed by atoms with E-state index < -0.39 is 5.97 Å². The first-order valence-corrected chi connectivity index (χ1v) is 6.13. The summed E-state index contributed by atoms with van der Waals surface area (Å²) in [5, 5.41) is 8.95. The van der Waals surface area contributed by atoms with Crippen LogP contribution in [-0.2, 0) is 16.6 Å². The Bertz CT molecular complexity index is 477. The van der Waals surface area contributed by atoms with Crippen LogP contribution < -0.4 is 0 Å². The van der Waals surface area contributed by atoms with Gasteiger partial charge in [0.1, 0.15) is 5.82 Å². The van der Waals surface area contributed by atoms with E-state index in [9.17, 15) is 9.18 Å². The van der Waals surface area contributed by atoms with E-state index in [1.165, 1.54) is 6.07 Å². The molecule has 2 aliphatic rings. The van der Waals surface area contributed by atoms with Crippen LogP contribution in [0.25, 0.3) is 0 Å². The molecule has 1 saturated carbocycles. The summed E-state index contributed by atoms with van der Waals surface area (Å²) >= 11 is 0. The molecule has 0 bridgehead atoms. The molecular weight excluding hydrogens is 219 g/mol. The zero-order valence-electron chi connectivity index (χ0n) is 9.58. The highest BCUT2D eigenvalue weighted by molar-refractivity contribution is 5.68. The van der Waals surface area contributed by atoms with E-state index in [0.29, 0.717) is 0 Å². The highest BCUT2D eigenvalue weighted by atomic mass is 19.1. The van der Waals surface area contributed by atoms with Crippen molar-refractivity contribution in [1.29, 1.82) is 0 Å². The van der Waals surface area contributed by atoms with Crippen LogP contribution in [0.4, 0.5) is 4.39 Å². The molecule has 1 fully saturated rings. The lowest BCUT2D eigenvalue weighted by atomic mass is 9.71. The monoisotopic (exact) mass is 234 g/mol. The standard InChI is InChI=1S/C14H15FO2/c15-11-3-1-2-9-4-5-10(8-12(16)17)14(6-7-14)13(9)11/h1-3,10H,4-8H2,(H,16,17). The highest BCUT2D eigenvalue weighted by Gasteiger charge is 2.54. The smallest absolute Gasteiger partial charge is 0.303 e. The second-order valence-electron chi connectivity index (χ2n) is 5.26. The lowest BCUT2D eigenvalue weighted by molar-refractivity contribution is -0.138. The van der Waals surface area contributed by atoms with Gasteiger partial charge in [0.2, 0.25) is 0 Å². The van der Waals surface area contributed by atoms with E-state index in [2.05, 4.69) is 0 Å². The predicted octanol–water partition coefficient (Wildman–Crippen LogP) is 2.89. The molecule has 1 atom stereocenters. The second kappa shape index (κ2) is 3.56. The number of halogens is 1. The summed E-state index contributed by atoms with van der Waals surface area (Å²) in [5.41, 5.74) is 1.75. The fourth-order valence-corrected chi connectivity index (χ4v) is 3.45. The Hall–Kier alpha value is -1.38. The molecule has 3 heteroatoms. The van der Waals surface area contributed by atoms with E-state index >= 15 is 0 Å². The lowest BCUT2D eigenvalue weighted by Crippen LogP contribution is -2.30. The van der Waals surface area contributed by atoms with Crippen molar-refractivity contribution in [2.24, 2.45) is 5.92 Å². The summed E-state index contributed by atoms with van der Waals surface area (Å²) in [5.74, 6) is -0.791. The molecular formula is C14H15FO2. The first-order valence-electron chi connectivity index (χ1n) is 6.13. The summed E-state index contributed by atoms with van der Waals surface area (Å²) in [4.78, 5) is 10.9. The van der Waals surface area contributed by atoms with Gasteiger partial charge in [-0.2, -0.15) is 0 Å². The van der Waals surface area contributed by atoms with Gasteiger partial charge in [-0.25, -0.2) is 4.39 Å². The molecule has 0 aliphatic heterocycles. The molecule has 0 aromatic heterocycles. The lowest BCUT2D eigenvalue weighted by Gasteiger charge is -2.33. The van der Waals surface area contributed by atoms with Gasteiger partial charge < -0.3 is 5.11 Å². The minimum absolute atomic E-state index is 0.115. The average molecular weight is 234 g/mol. The maximum absolute atomic E-state index is 14.0. The summed E-state index contributed by atoms with van der Waals surface area (Å²) in [6, 6.07) is 5.24. The quantitative estimate of drug-likeness (QED) is 0.854. The maximum atomic E-state index is 14.0. The van der Waals surface area contributed by atoms with Crippen molar-refractivity contribution in [2.75, 3.05) is 0 Å². The normalized spacial score (nSPS) is 24.4. The van der Waals surface area contributed by atoms with Gasteiger partial charge in [0.25, 0.3) is 0 Å². The van der Waals surface area contributed by atoms with Crippen LogP contribution in [0.15, 0.2) is 18.2 Å². The molecule has 90 valence electrons. The maximum Gasteiger partial charge on any atom is 0.303 e. The van der Waals surface area contributed by atoms with Crippen molar-refractivity contribution in [3.8, 4) is 0 Å². The van der Waals surface area contributed by atoms with Crippen LogP contribution in [0.2, 0.25) is 0 Å². The van der Waals surface area contributed by atoms with Crippen molar-refractivity contribution < 1.29 is 14.3 Å². The molecule has 0 heterocycles. The Kier molecular flexibility index (Phi) is 2.25. The third-order valence-electron chi connectivity index (χ3n) is 4.35. The molecule has 0 saturated heterocycles. The molecule has 0 amide bonds.